The van der Waals surface area contributed by atoms with Gasteiger partial charge in [0.25, 0.3) is 5.91 Å². The average molecular weight is 528 g/mol. The van der Waals surface area contributed by atoms with Gasteiger partial charge < -0.3 is 30.0 Å². The van der Waals surface area contributed by atoms with Gasteiger partial charge in [-0.05, 0) is 15.9 Å². The van der Waals surface area contributed by atoms with E-state index in [2.05, 4.69) is 25.9 Å². The summed E-state index contributed by atoms with van der Waals surface area (Å²) in [4.78, 5) is 43.0. The molecule has 1 aliphatic rings. The summed E-state index contributed by atoms with van der Waals surface area (Å²) >= 11 is 3.22. The predicted molar refractivity (Wildman–Crippen MR) is 117 cm³/mol. The fraction of sp³-hybridized carbons (Fsp3) is 0.550. The van der Waals surface area contributed by atoms with Gasteiger partial charge in [-0.25, -0.2) is 4.98 Å². The molecule has 4 atom stereocenters. The Morgan fingerprint density at radius 1 is 1.30 bits per heavy atom. The molecule has 5 N–H and O–H groups in total. The number of fused-ring (bicyclic) bond motifs is 1. The highest BCUT2D eigenvalue weighted by atomic mass is 79.9. The average Bonchev–Trinajstić information content (AvgIpc) is 3.24. The first-order chi connectivity index (χ1) is 15.4. The molecule has 2 aromatic rings. The van der Waals surface area contributed by atoms with Crippen molar-refractivity contribution in [3.05, 3.63) is 22.0 Å². The maximum atomic E-state index is 12.3. The third-order valence-corrected chi connectivity index (χ3v) is 5.75. The van der Waals surface area contributed by atoms with Crippen LogP contribution in [0.5, 0.6) is 0 Å². The predicted octanol–water partition coefficient (Wildman–Crippen LogP) is 0.731. The first-order valence-electron chi connectivity index (χ1n) is 10.3. The smallest absolute Gasteiger partial charge is 0.308 e. The molecule has 1 amide bonds. The van der Waals surface area contributed by atoms with E-state index in [0.29, 0.717) is 0 Å². The van der Waals surface area contributed by atoms with E-state index in [1.807, 2.05) is 0 Å². The number of hydrogen-bond donors (Lipinski definition) is 4. The molecule has 33 heavy (non-hydrogen) atoms. The van der Waals surface area contributed by atoms with E-state index in [1.165, 1.54) is 10.9 Å². The summed E-state index contributed by atoms with van der Waals surface area (Å²) in [6.45, 7) is 6.38. The molecule has 0 aromatic carbocycles. The van der Waals surface area contributed by atoms with Gasteiger partial charge in [0, 0.05) is 0 Å². The summed E-state index contributed by atoms with van der Waals surface area (Å²) in [6, 6.07) is 0. The molecule has 0 radical (unpaired) electrons. The lowest BCUT2D eigenvalue weighted by atomic mass is 10.1. The molecule has 1 saturated heterocycles. The molecule has 0 aliphatic carbocycles. The summed E-state index contributed by atoms with van der Waals surface area (Å²) < 4.78 is 18.3. The lowest BCUT2D eigenvalue weighted by Gasteiger charge is -2.22. The van der Waals surface area contributed by atoms with E-state index < -0.39 is 48.3 Å². The largest absolute Gasteiger partial charge is 0.463 e. The molecule has 13 heteroatoms. The summed E-state index contributed by atoms with van der Waals surface area (Å²) in [6.07, 6.45) is -3.38. The lowest BCUT2D eigenvalue weighted by molar-refractivity contribution is -0.164. The quantitative estimate of drug-likeness (QED) is 0.379. The minimum absolute atomic E-state index is 0.0227. The van der Waals surface area contributed by atoms with Crippen LogP contribution in [0.4, 0.5) is 0 Å². The number of carbonyl (C=O) groups excluding carboxylic acids is 3. The second kappa shape index (κ2) is 9.61. The minimum atomic E-state index is -1.37. The van der Waals surface area contributed by atoms with Gasteiger partial charge in [-0.15, -0.1) is 0 Å². The number of aliphatic hydroxyl groups is 1. The highest BCUT2D eigenvalue weighted by molar-refractivity contribution is 9.10. The fourth-order valence-corrected chi connectivity index (χ4v) is 3.96. The van der Waals surface area contributed by atoms with Crippen molar-refractivity contribution in [1.82, 2.24) is 14.5 Å². The van der Waals surface area contributed by atoms with Gasteiger partial charge in [0.2, 0.25) is 0 Å². The van der Waals surface area contributed by atoms with Crippen molar-refractivity contribution < 1.29 is 33.7 Å². The number of ether oxygens (including phenoxy) is 3. The van der Waals surface area contributed by atoms with Crippen molar-refractivity contribution in [2.75, 3.05) is 6.61 Å². The normalized spacial score (nSPS) is 22.8. The Morgan fingerprint density at radius 3 is 2.52 bits per heavy atom. The Kier molecular flexibility index (Phi) is 7.24. The molecule has 1 aliphatic heterocycles. The van der Waals surface area contributed by atoms with Crippen molar-refractivity contribution in [2.45, 2.75) is 52.2 Å². The Morgan fingerprint density at radius 2 is 1.94 bits per heavy atom. The Labute approximate surface area is 197 Å². The number of rotatable bonds is 7. The van der Waals surface area contributed by atoms with Crippen molar-refractivity contribution in [3.8, 4) is 0 Å². The number of hydrogen-bond acceptors (Lipinski definition) is 9. The van der Waals surface area contributed by atoms with E-state index in [0.717, 1.165) is 0 Å². The van der Waals surface area contributed by atoms with Gasteiger partial charge >= 0.3 is 11.9 Å². The number of esters is 2. The number of amides is 1. The highest BCUT2D eigenvalue weighted by Gasteiger charge is 2.48. The summed E-state index contributed by atoms with van der Waals surface area (Å²) in [7, 11) is 0. The Hall–Kier alpha value is -2.77. The lowest BCUT2D eigenvalue weighted by Crippen LogP contribution is -2.40. The van der Waals surface area contributed by atoms with Crippen LogP contribution in [-0.4, -0.2) is 62.4 Å². The first-order valence-corrected chi connectivity index (χ1v) is 11.1. The fourth-order valence-electron chi connectivity index (χ4n) is 3.38. The number of H-pyrrole nitrogens is 1. The van der Waals surface area contributed by atoms with Crippen molar-refractivity contribution in [3.63, 3.8) is 0 Å². The molecule has 3 heterocycles. The number of halogens is 1. The summed E-state index contributed by atoms with van der Waals surface area (Å²) in [5.74, 6) is -2.65. The molecule has 0 saturated carbocycles. The SMILES string of the molecule is CC(C)C(=O)OCC1OC(n2cnc(=N)c3c(C(N)=O)c(Br)[nH]c32)C(O)C1OC(=O)C(C)C. The molecule has 180 valence electrons. The van der Waals surface area contributed by atoms with E-state index >= 15 is 0 Å². The van der Waals surface area contributed by atoms with Crippen LogP contribution in [0, 0.1) is 17.2 Å². The van der Waals surface area contributed by atoms with Crippen LogP contribution in [0.25, 0.3) is 11.0 Å². The molecule has 4 unspecified atom stereocenters. The summed E-state index contributed by atoms with van der Waals surface area (Å²) in [5, 5.41) is 19.3. The van der Waals surface area contributed by atoms with Crippen LogP contribution < -0.4 is 11.2 Å². The van der Waals surface area contributed by atoms with E-state index in [1.54, 1.807) is 27.7 Å². The molecule has 0 bridgehead atoms. The first kappa shape index (κ1) is 24.9. The van der Waals surface area contributed by atoms with E-state index in [4.69, 9.17) is 25.4 Å². The molecule has 12 nitrogen and oxygen atoms in total. The number of carbonyl (C=O) groups is 3. The zero-order valence-corrected chi connectivity index (χ0v) is 20.1. The molecular formula is C20H26BrN5O7. The van der Waals surface area contributed by atoms with Crippen LogP contribution in [0.3, 0.4) is 0 Å². The van der Waals surface area contributed by atoms with Crippen LogP contribution in [-0.2, 0) is 23.8 Å². The summed E-state index contributed by atoms with van der Waals surface area (Å²) in [5.41, 5.74) is 5.49. The number of nitrogens with one attached hydrogen (secondary N) is 2. The molecule has 0 spiro atoms. The number of nitrogens with two attached hydrogens (primary N) is 1. The highest BCUT2D eigenvalue weighted by Crippen LogP contribution is 2.35. The Balaban J connectivity index is 2.01. The van der Waals surface area contributed by atoms with Crippen LogP contribution >= 0.6 is 15.9 Å². The molecule has 2 aromatic heterocycles. The standard InChI is InChI=1S/C20H26BrN5O7/c1-7(2)19(29)31-5-9-13(33-20(30)8(3)4)12(27)18(32-9)26-6-24-15(22)11-10(16(23)28)14(21)25-17(11)26/h6-9,12-13,18,22,25,27H,5H2,1-4H3,(H2,23,28). The number of nitrogens with zero attached hydrogens (tertiary/aromatic N) is 2. The van der Waals surface area contributed by atoms with Crippen LogP contribution in [0.2, 0.25) is 0 Å². The van der Waals surface area contributed by atoms with Gasteiger partial charge in [-0.1, -0.05) is 27.7 Å². The maximum Gasteiger partial charge on any atom is 0.308 e. The molecule has 3 rings (SSSR count). The van der Waals surface area contributed by atoms with Gasteiger partial charge in [0.1, 0.15) is 30.8 Å². The second-order valence-corrected chi connectivity index (χ2v) is 9.09. The van der Waals surface area contributed by atoms with Crippen molar-refractivity contribution in [1.29, 1.82) is 5.41 Å². The van der Waals surface area contributed by atoms with Crippen molar-refractivity contribution >= 4 is 44.8 Å². The number of primary amides is 1. The van der Waals surface area contributed by atoms with Gasteiger partial charge in [-0.3, -0.25) is 24.4 Å². The number of aromatic amines is 1. The molecule has 1 fully saturated rings. The minimum Gasteiger partial charge on any atom is -0.463 e. The maximum absolute atomic E-state index is 12.3. The van der Waals surface area contributed by atoms with Gasteiger partial charge in [0.15, 0.2) is 17.8 Å². The topological polar surface area (TPSA) is 183 Å². The van der Waals surface area contributed by atoms with Crippen LogP contribution in [0.15, 0.2) is 10.9 Å². The van der Waals surface area contributed by atoms with E-state index in [9.17, 15) is 19.5 Å². The Bertz CT molecular complexity index is 1140. The molecular weight excluding hydrogens is 502 g/mol. The van der Waals surface area contributed by atoms with Crippen LogP contribution in [0.1, 0.15) is 44.3 Å². The third-order valence-electron chi connectivity index (χ3n) is 5.16. The number of aromatic nitrogens is 3. The zero-order chi connectivity index (χ0) is 24.6. The monoisotopic (exact) mass is 527 g/mol. The van der Waals surface area contributed by atoms with Gasteiger partial charge in [-0.2, -0.15) is 0 Å². The van der Waals surface area contributed by atoms with Crippen molar-refractivity contribution in [2.24, 2.45) is 17.6 Å². The zero-order valence-electron chi connectivity index (χ0n) is 18.5. The third kappa shape index (κ3) is 4.80. The second-order valence-electron chi connectivity index (χ2n) is 8.30. The van der Waals surface area contributed by atoms with Gasteiger partial charge in [0.05, 0.1) is 27.4 Å². The number of aliphatic hydroxyl groups excluding tert-OH is 1. The van der Waals surface area contributed by atoms with E-state index in [-0.39, 0.29) is 39.2 Å².